The second kappa shape index (κ2) is 19.8. The van der Waals surface area contributed by atoms with Crippen molar-refractivity contribution >= 4 is 64.7 Å². The van der Waals surface area contributed by atoms with E-state index in [-0.39, 0.29) is 41.6 Å². The van der Waals surface area contributed by atoms with E-state index in [2.05, 4.69) is 16.0 Å². The molecule has 4 fully saturated rings. The molecule has 2 aromatic carbocycles. The minimum atomic E-state index is -2.40. The molecule has 4 heterocycles. The molecule has 2 saturated carbocycles. The van der Waals surface area contributed by atoms with Crippen molar-refractivity contribution in [2.75, 3.05) is 19.0 Å². The number of thiazole rings is 1. The molecule has 2 saturated heterocycles. The van der Waals surface area contributed by atoms with Gasteiger partial charge in [-0.2, -0.15) is 0 Å². The lowest BCUT2D eigenvalue weighted by Gasteiger charge is -2.29. The molecule has 64 heavy (non-hydrogen) atoms. The molecule has 2 aliphatic carbocycles. The maximum absolute atomic E-state index is 14.9. The maximum atomic E-state index is 14.9. The van der Waals surface area contributed by atoms with E-state index >= 15 is 0 Å². The van der Waals surface area contributed by atoms with Crippen molar-refractivity contribution in [3.05, 3.63) is 64.0 Å². The minimum Gasteiger partial charge on any atom is -0.495 e. The fourth-order valence-electron chi connectivity index (χ4n) is 9.36. The summed E-state index contributed by atoms with van der Waals surface area (Å²) in [5.41, 5.74) is 1.18. The Bertz CT molecular complexity index is 2380. The quantitative estimate of drug-likeness (QED) is 0.124. The SMILES string of the molecule is COc1ccc2c(OC3CC4C(=O)NC5([P+](=O)Cc6c(F)cccc6F)CC5CCCCCCCC(NC(=O)OC5CCCC5)C(=O)N4C3)cc(-c3csc(NC(C)C)n3)nc2c1Cl. The van der Waals surface area contributed by atoms with Crippen LogP contribution in [0, 0.1) is 17.6 Å². The van der Waals surface area contributed by atoms with Crippen molar-refractivity contribution in [1.29, 1.82) is 0 Å². The molecule has 3 N–H and O–H groups in total. The average Bonchev–Trinajstić information content (AvgIpc) is 3.69. The smallest absolute Gasteiger partial charge is 0.408 e. The summed E-state index contributed by atoms with van der Waals surface area (Å²) in [5, 5.41) is 11.5. The van der Waals surface area contributed by atoms with Gasteiger partial charge in [0.25, 0.3) is 0 Å². The first kappa shape index (κ1) is 45.9. The third-order valence-electron chi connectivity index (χ3n) is 12.8. The summed E-state index contributed by atoms with van der Waals surface area (Å²) in [6.45, 7) is 4.01. The Labute approximate surface area is 381 Å². The van der Waals surface area contributed by atoms with E-state index in [9.17, 15) is 27.7 Å². The van der Waals surface area contributed by atoms with Gasteiger partial charge in [-0.1, -0.05) is 54.3 Å². The third-order valence-corrected chi connectivity index (χ3v) is 16.1. The minimum absolute atomic E-state index is 0.0298. The highest BCUT2D eigenvalue weighted by atomic mass is 35.5. The number of aromatic nitrogens is 2. The molecule has 0 bridgehead atoms. The number of nitrogens with zero attached hydrogens (tertiary/aromatic N) is 3. The third kappa shape index (κ3) is 10.1. The Balaban J connectivity index is 1.13. The van der Waals surface area contributed by atoms with E-state index in [0.29, 0.717) is 64.6 Å². The summed E-state index contributed by atoms with van der Waals surface area (Å²) < 4.78 is 62.2. The second-order valence-corrected chi connectivity index (χ2v) is 20.8. The summed E-state index contributed by atoms with van der Waals surface area (Å²) in [4.78, 5) is 54.1. The zero-order valence-electron chi connectivity index (χ0n) is 36.3. The molecule has 4 aromatic rings. The number of anilines is 1. The van der Waals surface area contributed by atoms with E-state index < -0.39 is 67.0 Å². The number of benzene rings is 2. The molecule has 3 amide bonds. The van der Waals surface area contributed by atoms with Gasteiger partial charge in [0.15, 0.2) is 11.3 Å². The van der Waals surface area contributed by atoms with Gasteiger partial charge in [0, 0.05) is 41.6 Å². The van der Waals surface area contributed by atoms with Crippen LogP contribution in [0.2, 0.25) is 5.02 Å². The van der Waals surface area contributed by atoms with Gasteiger partial charge in [-0.05, 0) is 76.6 Å². The zero-order valence-corrected chi connectivity index (χ0v) is 38.8. The Kier molecular flexibility index (Phi) is 14.2. The van der Waals surface area contributed by atoms with E-state index in [0.717, 1.165) is 63.5 Å². The fourth-order valence-corrected chi connectivity index (χ4v) is 12.6. The molecule has 2 aliphatic heterocycles. The lowest BCUT2D eigenvalue weighted by Crippen LogP contribution is -2.55. The van der Waals surface area contributed by atoms with Gasteiger partial charge in [-0.15, -0.1) is 11.3 Å². The van der Waals surface area contributed by atoms with Gasteiger partial charge in [0.1, 0.15) is 58.1 Å². The molecule has 8 rings (SSSR count). The number of pyridine rings is 1. The van der Waals surface area contributed by atoms with E-state index in [1.807, 2.05) is 19.2 Å². The van der Waals surface area contributed by atoms with Crippen LogP contribution in [-0.4, -0.2) is 82.0 Å². The zero-order chi connectivity index (χ0) is 45.1. The first-order chi connectivity index (χ1) is 30.8. The molecule has 342 valence electrons. The Hall–Kier alpha value is -4.66. The Morgan fingerprint density at radius 1 is 0.984 bits per heavy atom. The summed E-state index contributed by atoms with van der Waals surface area (Å²) in [6, 6.07) is 6.83. The van der Waals surface area contributed by atoms with Gasteiger partial charge in [0.2, 0.25) is 17.1 Å². The van der Waals surface area contributed by atoms with Crippen LogP contribution in [0.4, 0.5) is 18.7 Å². The molecule has 6 atom stereocenters. The largest absolute Gasteiger partial charge is 0.495 e. The summed E-state index contributed by atoms with van der Waals surface area (Å²) >= 11 is 8.30. The van der Waals surface area contributed by atoms with Crippen LogP contribution in [0.1, 0.15) is 103 Å². The Morgan fingerprint density at radius 2 is 1.70 bits per heavy atom. The molecule has 18 heteroatoms. The van der Waals surface area contributed by atoms with Crippen LogP contribution in [0.3, 0.4) is 0 Å². The van der Waals surface area contributed by atoms with Gasteiger partial charge >= 0.3 is 13.9 Å². The summed E-state index contributed by atoms with van der Waals surface area (Å²) in [5.74, 6) is -2.00. The molecular weight excluding hydrogens is 885 g/mol. The molecule has 0 spiro atoms. The predicted octanol–water partition coefficient (Wildman–Crippen LogP) is 10.1. The van der Waals surface area contributed by atoms with E-state index in [4.69, 9.17) is 35.8 Å². The van der Waals surface area contributed by atoms with Crippen LogP contribution < -0.4 is 25.4 Å². The number of carbonyl (C=O) groups is 3. The standard InChI is InChI=1S/C46H54ClF2N6O7PS/c1-26(2)50-44-52-36(25-64-44)35-21-39(30-18-19-38(60-3)40(47)41(30)51-35)61-29-20-37-42(56)54-46(63(59)24-31-32(48)15-11-16-33(31)49)22-27(46)12-7-5-4-6-8-17-34(43(57)55(37)23-29)53-45(58)62-28-13-9-10-14-28/h11,15-16,18-19,21,25-29,34,37H,4-10,12-14,17,20,22-24H2,1-3H3,(H2-,50,52,53,54,56,58)/p+1. The topological polar surface area (TPSA) is 161 Å². The van der Waals surface area contributed by atoms with Crippen molar-refractivity contribution in [3.63, 3.8) is 0 Å². The highest BCUT2D eigenvalue weighted by molar-refractivity contribution is 7.46. The van der Waals surface area contributed by atoms with Gasteiger partial charge in [-0.3, -0.25) is 9.59 Å². The van der Waals surface area contributed by atoms with Crippen LogP contribution in [-0.2, 0) is 25.1 Å². The molecule has 13 nitrogen and oxygen atoms in total. The highest BCUT2D eigenvalue weighted by Gasteiger charge is 2.69. The van der Waals surface area contributed by atoms with Crippen LogP contribution in [0.15, 0.2) is 41.8 Å². The second-order valence-electron chi connectivity index (χ2n) is 17.7. The van der Waals surface area contributed by atoms with Gasteiger partial charge in [0.05, 0.1) is 30.4 Å². The number of ether oxygens (including phenoxy) is 3. The first-order valence-electron chi connectivity index (χ1n) is 22.4. The van der Waals surface area contributed by atoms with Crippen LogP contribution >= 0.6 is 30.7 Å². The monoisotopic (exact) mass is 939 g/mol. The van der Waals surface area contributed by atoms with E-state index in [1.165, 1.54) is 29.4 Å². The number of nitrogens with one attached hydrogen (secondary N) is 3. The van der Waals surface area contributed by atoms with Crippen LogP contribution in [0.25, 0.3) is 22.3 Å². The van der Waals surface area contributed by atoms with Crippen molar-refractivity contribution in [2.24, 2.45) is 5.92 Å². The number of carbonyl (C=O) groups excluding carboxylic acids is 3. The molecule has 6 unspecified atom stereocenters. The van der Waals surface area contributed by atoms with E-state index in [1.54, 1.807) is 18.2 Å². The van der Waals surface area contributed by atoms with Crippen molar-refractivity contribution in [3.8, 4) is 22.9 Å². The number of amides is 3. The number of hydrogen-bond donors (Lipinski definition) is 3. The number of fused-ring (bicyclic) bond motifs is 3. The van der Waals surface area contributed by atoms with Crippen LogP contribution in [0.5, 0.6) is 11.5 Å². The predicted molar refractivity (Wildman–Crippen MR) is 242 cm³/mol. The maximum Gasteiger partial charge on any atom is 0.408 e. The van der Waals surface area contributed by atoms with Crippen molar-refractivity contribution in [1.82, 2.24) is 25.5 Å². The molecule has 0 radical (unpaired) electrons. The molecular formula is C46H55ClF2N6O7PS+. The lowest BCUT2D eigenvalue weighted by atomic mass is 10.0. The Morgan fingerprint density at radius 3 is 2.44 bits per heavy atom. The number of methoxy groups -OCH3 is 1. The van der Waals surface area contributed by atoms with Crippen molar-refractivity contribution in [2.45, 2.75) is 139 Å². The first-order valence-corrected chi connectivity index (χ1v) is 25.1. The highest BCUT2D eigenvalue weighted by Crippen LogP contribution is 2.63. The number of alkyl carbamates (subject to hydrolysis) is 1. The average molecular weight is 940 g/mol. The lowest BCUT2D eigenvalue weighted by molar-refractivity contribution is -0.140. The summed E-state index contributed by atoms with van der Waals surface area (Å²) in [7, 11) is -0.885. The van der Waals surface area contributed by atoms with Gasteiger partial charge < -0.3 is 35.1 Å². The van der Waals surface area contributed by atoms with Gasteiger partial charge in [-0.25, -0.2) is 23.5 Å². The number of rotatable bonds is 11. The number of hydrogen-bond acceptors (Lipinski definition) is 11. The normalized spacial score (nSPS) is 24.6. The van der Waals surface area contributed by atoms with Crippen molar-refractivity contribution < 1.29 is 41.9 Å². The molecule has 4 aliphatic rings. The fraction of sp³-hybridized carbons (Fsp3) is 0.543. The summed E-state index contributed by atoms with van der Waals surface area (Å²) in [6.07, 6.45) is 6.87. The number of halogens is 3. The molecule has 2 aromatic heterocycles.